The van der Waals surface area contributed by atoms with E-state index < -0.39 is 0 Å². The number of rotatable bonds is 3. The van der Waals surface area contributed by atoms with Crippen molar-refractivity contribution in [2.75, 3.05) is 5.32 Å². The van der Waals surface area contributed by atoms with Gasteiger partial charge in [0.2, 0.25) is 0 Å². The zero-order valence-electron chi connectivity index (χ0n) is 9.81. The Bertz CT molecular complexity index is 514. The molecule has 0 radical (unpaired) electrons. The summed E-state index contributed by atoms with van der Waals surface area (Å²) in [4.78, 5) is 8.23. The van der Waals surface area contributed by atoms with Gasteiger partial charge in [-0.05, 0) is 31.5 Å². The van der Waals surface area contributed by atoms with E-state index in [2.05, 4.69) is 22.2 Å². The lowest BCUT2D eigenvalue weighted by Crippen LogP contribution is -2.08. The smallest absolute Gasteiger partial charge is 0.130 e. The van der Waals surface area contributed by atoms with Crippen molar-refractivity contribution in [1.82, 2.24) is 9.97 Å². The first-order valence-electron chi connectivity index (χ1n) is 5.46. The van der Waals surface area contributed by atoms with Gasteiger partial charge in [-0.3, -0.25) is 0 Å². The van der Waals surface area contributed by atoms with E-state index in [4.69, 9.17) is 11.6 Å². The molecule has 0 fully saturated rings. The first-order chi connectivity index (χ1) is 8.15. The lowest BCUT2D eigenvalue weighted by atomic mass is 10.1. The molecular formula is C13H14ClN3. The molecule has 0 saturated heterocycles. The SMILES string of the molecule is Cc1cc(NC(C)c2cccc(Cl)c2)ncn1. The van der Waals surface area contributed by atoms with Crippen LogP contribution >= 0.6 is 11.6 Å². The van der Waals surface area contributed by atoms with Crippen LogP contribution in [0.15, 0.2) is 36.7 Å². The molecule has 1 unspecified atom stereocenters. The summed E-state index contributed by atoms with van der Waals surface area (Å²) < 4.78 is 0. The summed E-state index contributed by atoms with van der Waals surface area (Å²) in [6.07, 6.45) is 1.56. The normalized spacial score (nSPS) is 12.2. The van der Waals surface area contributed by atoms with E-state index >= 15 is 0 Å². The first kappa shape index (κ1) is 11.9. The van der Waals surface area contributed by atoms with E-state index in [-0.39, 0.29) is 6.04 Å². The largest absolute Gasteiger partial charge is 0.363 e. The number of halogens is 1. The number of nitrogens with zero attached hydrogens (tertiary/aromatic N) is 2. The second-order valence-electron chi connectivity index (χ2n) is 3.97. The number of benzene rings is 1. The Morgan fingerprint density at radius 2 is 2.06 bits per heavy atom. The van der Waals surface area contributed by atoms with Crippen LogP contribution in [0.25, 0.3) is 0 Å². The second-order valence-corrected chi connectivity index (χ2v) is 4.40. The molecule has 0 amide bonds. The molecule has 2 rings (SSSR count). The summed E-state index contributed by atoms with van der Waals surface area (Å²) in [7, 11) is 0. The van der Waals surface area contributed by atoms with E-state index in [0.29, 0.717) is 0 Å². The van der Waals surface area contributed by atoms with Crippen LogP contribution in [0, 0.1) is 6.92 Å². The van der Waals surface area contributed by atoms with Gasteiger partial charge >= 0.3 is 0 Å². The Hall–Kier alpha value is -1.61. The highest BCUT2D eigenvalue weighted by atomic mass is 35.5. The number of hydrogen-bond donors (Lipinski definition) is 1. The monoisotopic (exact) mass is 247 g/mol. The summed E-state index contributed by atoms with van der Waals surface area (Å²) >= 11 is 5.96. The van der Waals surface area contributed by atoms with Crippen LogP contribution in [0.4, 0.5) is 5.82 Å². The van der Waals surface area contributed by atoms with Gasteiger partial charge in [0.25, 0.3) is 0 Å². The summed E-state index contributed by atoms with van der Waals surface area (Å²) in [5.74, 6) is 0.824. The topological polar surface area (TPSA) is 37.8 Å². The Kier molecular flexibility index (Phi) is 3.59. The number of aromatic nitrogens is 2. The van der Waals surface area contributed by atoms with Crippen molar-refractivity contribution in [3.63, 3.8) is 0 Å². The van der Waals surface area contributed by atoms with Crippen molar-refractivity contribution in [2.24, 2.45) is 0 Å². The van der Waals surface area contributed by atoms with Gasteiger partial charge in [-0.2, -0.15) is 0 Å². The van der Waals surface area contributed by atoms with Crippen molar-refractivity contribution in [2.45, 2.75) is 19.9 Å². The minimum Gasteiger partial charge on any atom is -0.363 e. The number of anilines is 1. The van der Waals surface area contributed by atoms with Crippen LogP contribution in [0.5, 0.6) is 0 Å². The molecule has 2 aromatic rings. The van der Waals surface area contributed by atoms with Gasteiger partial charge < -0.3 is 5.32 Å². The maximum atomic E-state index is 5.96. The third-order valence-corrected chi connectivity index (χ3v) is 2.75. The van der Waals surface area contributed by atoms with Gasteiger partial charge in [0.15, 0.2) is 0 Å². The van der Waals surface area contributed by atoms with Gasteiger partial charge in [-0.15, -0.1) is 0 Å². The predicted octanol–water partition coefficient (Wildman–Crippen LogP) is 3.61. The van der Waals surface area contributed by atoms with Crippen LogP contribution in [-0.2, 0) is 0 Å². The molecule has 88 valence electrons. The van der Waals surface area contributed by atoms with Crippen LogP contribution in [0.3, 0.4) is 0 Å². The predicted molar refractivity (Wildman–Crippen MR) is 70.3 cm³/mol. The molecule has 0 bridgehead atoms. The van der Waals surface area contributed by atoms with Crippen molar-refractivity contribution >= 4 is 17.4 Å². The van der Waals surface area contributed by atoms with E-state index in [9.17, 15) is 0 Å². The third-order valence-electron chi connectivity index (χ3n) is 2.52. The summed E-state index contributed by atoms with van der Waals surface area (Å²) in [6.45, 7) is 4.01. The maximum Gasteiger partial charge on any atom is 0.130 e. The highest BCUT2D eigenvalue weighted by Crippen LogP contribution is 2.20. The van der Waals surface area contributed by atoms with Crippen molar-refractivity contribution < 1.29 is 0 Å². The van der Waals surface area contributed by atoms with Crippen LogP contribution < -0.4 is 5.32 Å². The highest BCUT2D eigenvalue weighted by molar-refractivity contribution is 6.30. The fraction of sp³-hybridized carbons (Fsp3) is 0.231. The standard InChI is InChI=1S/C13H14ClN3/c1-9-6-13(16-8-15-9)17-10(2)11-4-3-5-12(14)7-11/h3-8,10H,1-2H3,(H,15,16,17). The van der Waals surface area contributed by atoms with Gasteiger partial charge in [0.1, 0.15) is 12.1 Å². The van der Waals surface area contributed by atoms with E-state index in [0.717, 1.165) is 22.1 Å². The molecule has 1 aromatic heterocycles. The molecule has 0 saturated carbocycles. The lowest BCUT2D eigenvalue weighted by Gasteiger charge is -2.15. The van der Waals surface area contributed by atoms with Gasteiger partial charge in [0, 0.05) is 22.8 Å². The number of aryl methyl sites for hydroxylation is 1. The molecule has 0 aliphatic carbocycles. The Balaban J connectivity index is 2.14. The maximum absolute atomic E-state index is 5.96. The lowest BCUT2D eigenvalue weighted by molar-refractivity contribution is 0.870. The van der Waals surface area contributed by atoms with Gasteiger partial charge in [-0.25, -0.2) is 9.97 Å². The molecule has 0 spiro atoms. The average molecular weight is 248 g/mol. The fourth-order valence-corrected chi connectivity index (χ4v) is 1.81. The Morgan fingerprint density at radius 3 is 2.76 bits per heavy atom. The van der Waals surface area contributed by atoms with Crippen molar-refractivity contribution in [3.8, 4) is 0 Å². The highest BCUT2D eigenvalue weighted by Gasteiger charge is 2.06. The molecule has 4 heteroatoms. The minimum atomic E-state index is 0.156. The van der Waals surface area contributed by atoms with Crippen molar-refractivity contribution in [3.05, 3.63) is 52.9 Å². The molecule has 3 nitrogen and oxygen atoms in total. The quantitative estimate of drug-likeness (QED) is 0.900. The zero-order chi connectivity index (χ0) is 12.3. The zero-order valence-corrected chi connectivity index (χ0v) is 10.6. The molecule has 1 aromatic carbocycles. The van der Waals surface area contributed by atoms with E-state index in [1.807, 2.05) is 37.3 Å². The van der Waals surface area contributed by atoms with E-state index in [1.54, 1.807) is 6.33 Å². The Morgan fingerprint density at radius 1 is 1.24 bits per heavy atom. The molecule has 0 aliphatic heterocycles. The molecule has 17 heavy (non-hydrogen) atoms. The molecular weight excluding hydrogens is 234 g/mol. The van der Waals surface area contributed by atoms with Crippen LogP contribution in [0.2, 0.25) is 5.02 Å². The Labute approximate surface area is 106 Å². The summed E-state index contributed by atoms with van der Waals surface area (Å²) in [5.41, 5.74) is 2.08. The van der Waals surface area contributed by atoms with Crippen LogP contribution in [-0.4, -0.2) is 9.97 Å². The average Bonchev–Trinajstić information content (AvgIpc) is 2.29. The summed E-state index contributed by atoms with van der Waals surface area (Å²) in [5, 5.41) is 4.06. The fourth-order valence-electron chi connectivity index (χ4n) is 1.61. The number of nitrogens with one attached hydrogen (secondary N) is 1. The second kappa shape index (κ2) is 5.15. The van der Waals surface area contributed by atoms with E-state index in [1.165, 1.54) is 0 Å². The molecule has 0 aliphatic rings. The molecule has 1 N–H and O–H groups in total. The molecule has 1 atom stereocenters. The minimum absolute atomic E-state index is 0.156. The molecule has 1 heterocycles. The summed E-state index contributed by atoms with van der Waals surface area (Å²) in [6, 6.07) is 9.88. The first-order valence-corrected chi connectivity index (χ1v) is 5.83. The van der Waals surface area contributed by atoms with Gasteiger partial charge in [0.05, 0.1) is 0 Å². The number of hydrogen-bond acceptors (Lipinski definition) is 3. The van der Waals surface area contributed by atoms with Gasteiger partial charge in [-0.1, -0.05) is 23.7 Å². The van der Waals surface area contributed by atoms with Crippen LogP contribution in [0.1, 0.15) is 24.2 Å². The third kappa shape index (κ3) is 3.17. The van der Waals surface area contributed by atoms with Crippen molar-refractivity contribution in [1.29, 1.82) is 0 Å².